The minimum Gasteiger partial charge on any atom is -0.397 e. The van der Waals surface area contributed by atoms with Crippen LogP contribution in [-0.2, 0) is 11.8 Å². The number of aliphatic imine (C=N–C) groups is 1. The number of hydrogen-bond acceptors (Lipinski definition) is 4. The maximum absolute atomic E-state index is 11.9. The van der Waals surface area contributed by atoms with Gasteiger partial charge in [0.1, 0.15) is 0 Å². The molecule has 0 unspecified atom stereocenters. The number of nitrogen functional groups attached to an aromatic ring is 1. The molecule has 0 bridgehead atoms. The Hall–Kier alpha value is -2.40. The predicted octanol–water partition coefficient (Wildman–Crippen LogP) is 3.46. The van der Waals surface area contributed by atoms with Crippen LogP contribution in [0.15, 0.2) is 40.2 Å². The van der Waals surface area contributed by atoms with E-state index < -0.39 is 0 Å². The number of aromatic nitrogens is 1. The summed E-state index contributed by atoms with van der Waals surface area (Å²) in [6.07, 6.45) is 1.98. The lowest BCUT2D eigenvalue weighted by Gasteiger charge is -2.10. The lowest BCUT2D eigenvalue weighted by molar-refractivity contribution is 0.110. The second-order valence-corrected chi connectivity index (χ2v) is 6.31. The molecule has 1 aromatic heterocycles. The number of nitrogens with two attached hydrogens (primary N) is 1. The van der Waals surface area contributed by atoms with E-state index in [0.29, 0.717) is 23.5 Å². The van der Waals surface area contributed by atoms with Crippen LogP contribution in [0.3, 0.4) is 0 Å². The first-order valence-corrected chi connectivity index (χ1v) is 8.01. The number of ether oxygens (including phenoxy) is 1. The van der Waals surface area contributed by atoms with E-state index in [-0.39, 0.29) is 11.7 Å². The zero-order valence-electron chi connectivity index (χ0n) is 15.0. The molecule has 2 N–H and O–H groups in total. The van der Waals surface area contributed by atoms with Crippen molar-refractivity contribution in [3.63, 3.8) is 0 Å². The van der Waals surface area contributed by atoms with Gasteiger partial charge in [0.05, 0.1) is 24.1 Å². The zero-order chi connectivity index (χ0) is 17.9. The molecule has 0 aliphatic carbocycles. The molecule has 2 aromatic rings. The summed E-state index contributed by atoms with van der Waals surface area (Å²) in [5.41, 5.74) is 10.9. The van der Waals surface area contributed by atoms with E-state index in [1.807, 2.05) is 58.2 Å². The van der Waals surface area contributed by atoms with Gasteiger partial charge >= 0.3 is 0 Å². The van der Waals surface area contributed by atoms with Crippen LogP contribution in [0.4, 0.5) is 11.4 Å². The van der Waals surface area contributed by atoms with Gasteiger partial charge in [-0.1, -0.05) is 6.07 Å². The van der Waals surface area contributed by atoms with Crippen molar-refractivity contribution in [3.05, 3.63) is 46.4 Å². The fourth-order valence-corrected chi connectivity index (χ4v) is 2.38. The number of rotatable bonds is 5. The maximum atomic E-state index is 11.9. The molecule has 1 aromatic carbocycles. The van der Waals surface area contributed by atoms with Crippen molar-refractivity contribution < 1.29 is 4.74 Å². The Morgan fingerprint density at radius 2 is 2.00 bits per heavy atom. The van der Waals surface area contributed by atoms with E-state index in [1.165, 1.54) is 0 Å². The number of benzene rings is 1. The zero-order valence-corrected chi connectivity index (χ0v) is 15.0. The van der Waals surface area contributed by atoms with Crippen LogP contribution in [0.25, 0.3) is 11.1 Å². The third-order valence-electron chi connectivity index (χ3n) is 3.66. The minimum atomic E-state index is 0.00844. The van der Waals surface area contributed by atoms with Crippen molar-refractivity contribution in [2.24, 2.45) is 12.0 Å². The molecule has 0 amide bonds. The van der Waals surface area contributed by atoms with Gasteiger partial charge in [0.2, 0.25) is 0 Å². The Morgan fingerprint density at radius 1 is 1.29 bits per heavy atom. The van der Waals surface area contributed by atoms with Gasteiger partial charge in [0, 0.05) is 24.5 Å². The summed E-state index contributed by atoms with van der Waals surface area (Å²) in [6, 6.07) is 7.60. The van der Waals surface area contributed by atoms with Crippen molar-refractivity contribution in [1.29, 1.82) is 0 Å². The fourth-order valence-electron chi connectivity index (χ4n) is 2.38. The van der Waals surface area contributed by atoms with Crippen LogP contribution >= 0.6 is 0 Å². The first kappa shape index (κ1) is 17.9. The Morgan fingerprint density at radius 3 is 2.62 bits per heavy atom. The molecule has 0 saturated heterocycles. The van der Waals surface area contributed by atoms with Crippen molar-refractivity contribution in [2.45, 2.75) is 33.8 Å². The fraction of sp³-hybridized carbons (Fsp3) is 0.368. The predicted molar refractivity (Wildman–Crippen MR) is 100 cm³/mol. The molecule has 0 fully saturated rings. The summed E-state index contributed by atoms with van der Waals surface area (Å²) < 4.78 is 7.15. The van der Waals surface area contributed by atoms with Gasteiger partial charge in [0.15, 0.2) is 0 Å². The van der Waals surface area contributed by atoms with Gasteiger partial charge in [-0.3, -0.25) is 9.79 Å². The molecular formula is C19H25N3O2. The summed E-state index contributed by atoms with van der Waals surface area (Å²) in [5, 5.41) is 0. The number of anilines is 1. The summed E-state index contributed by atoms with van der Waals surface area (Å²) >= 11 is 0. The summed E-state index contributed by atoms with van der Waals surface area (Å²) in [6.45, 7) is 8.19. The number of hydrogen-bond donors (Lipinski definition) is 1. The summed E-state index contributed by atoms with van der Waals surface area (Å²) in [7, 11) is 1.75. The summed E-state index contributed by atoms with van der Waals surface area (Å²) in [4.78, 5) is 16.4. The molecule has 0 saturated carbocycles. The van der Waals surface area contributed by atoms with Gasteiger partial charge in [-0.15, -0.1) is 0 Å². The van der Waals surface area contributed by atoms with E-state index >= 15 is 0 Å². The Labute approximate surface area is 142 Å². The quantitative estimate of drug-likeness (QED) is 0.675. The lowest BCUT2D eigenvalue weighted by atomic mass is 10.0. The molecule has 0 spiro atoms. The van der Waals surface area contributed by atoms with Crippen molar-refractivity contribution >= 4 is 17.1 Å². The van der Waals surface area contributed by atoms with Gasteiger partial charge in [-0.25, -0.2) is 0 Å². The van der Waals surface area contributed by atoms with Gasteiger partial charge in [0.25, 0.3) is 5.56 Å². The van der Waals surface area contributed by atoms with E-state index in [4.69, 9.17) is 10.5 Å². The SMILES string of the molecule is CC(COC(C)C)=Nc1cc(-c2cc(C)c(=O)n(C)c2)ccc1N. The van der Waals surface area contributed by atoms with E-state index in [1.54, 1.807) is 11.6 Å². The average Bonchev–Trinajstić information content (AvgIpc) is 2.52. The monoisotopic (exact) mass is 327 g/mol. The van der Waals surface area contributed by atoms with Crippen LogP contribution in [0.5, 0.6) is 0 Å². The number of nitrogens with zero attached hydrogens (tertiary/aromatic N) is 2. The normalized spacial score (nSPS) is 12.0. The Balaban J connectivity index is 2.38. The van der Waals surface area contributed by atoms with E-state index in [9.17, 15) is 4.79 Å². The molecule has 0 atom stereocenters. The molecule has 2 rings (SSSR count). The van der Waals surface area contributed by atoms with E-state index in [2.05, 4.69) is 4.99 Å². The molecule has 5 nitrogen and oxygen atoms in total. The molecule has 5 heteroatoms. The highest BCUT2D eigenvalue weighted by atomic mass is 16.5. The van der Waals surface area contributed by atoms with Gasteiger partial charge in [-0.05, 0) is 57.0 Å². The van der Waals surface area contributed by atoms with Crippen LogP contribution in [0.1, 0.15) is 26.3 Å². The van der Waals surface area contributed by atoms with Crippen LogP contribution in [0, 0.1) is 6.92 Å². The Kier molecular flexibility index (Phi) is 5.57. The standard InChI is InChI=1S/C19H25N3O2/c1-12(2)24-11-14(4)21-18-9-15(6-7-17(18)20)16-8-13(3)19(23)22(5)10-16/h6-10,12H,11,20H2,1-5H3. The first-order valence-electron chi connectivity index (χ1n) is 8.01. The van der Waals surface area contributed by atoms with Gasteiger partial charge < -0.3 is 15.0 Å². The maximum Gasteiger partial charge on any atom is 0.253 e. The average molecular weight is 327 g/mol. The third kappa shape index (κ3) is 4.32. The molecule has 128 valence electrons. The van der Waals surface area contributed by atoms with Gasteiger partial charge in [-0.2, -0.15) is 0 Å². The van der Waals surface area contributed by atoms with Crippen molar-refractivity contribution in [2.75, 3.05) is 12.3 Å². The lowest BCUT2D eigenvalue weighted by Crippen LogP contribution is -2.18. The Bertz CT molecular complexity index is 794. The van der Waals surface area contributed by atoms with Crippen LogP contribution in [0.2, 0.25) is 0 Å². The molecular weight excluding hydrogens is 302 g/mol. The summed E-state index contributed by atoms with van der Waals surface area (Å²) in [5.74, 6) is 0. The minimum absolute atomic E-state index is 0.00844. The second-order valence-electron chi connectivity index (χ2n) is 6.31. The highest BCUT2D eigenvalue weighted by molar-refractivity contribution is 5.88. The highest BCUT2D eigenvalue weighted by Gasteiger charge is 2.07. The van der Waals surface area contributed by atoms with Crippen LogP contribution < -0.4 is 11.3 Å². The van der Waals surface area contributed by atoms with Crippen molar-refractivity contribution in [3.8, 4) is 11.1 Å². The second kappa shape index (κ2) is 7.45. The largest absolute Gasteiger partial charge is 0.397 e. The number of pyridine rings is 1. The molecule has 0 aliphatic heterocycles. The number of aryl methyl sites for hydroxylation is 2. The molecule has 0 radical (unpaired) electrons. The molecule has 24 heavy (non-hydrogen) atoms. The topological polar surface area (TPSA) is 69.6 Å². The third-order valence-corrected chi connectivity index (χ3v) is 3.66. The van der Waals surface area contributed by atoms with Crippen molar-refractivity contribution in [1.82, 2.24) is 4.57 Å². The first-order chi connectivity index (χ1) is 11.3. The highest BCUT2D eigenvalue weighted by Crippen LogP contribution is 2.29. The van der Waals surface area contributed by atoms with Crippen LogP contribution in [-0.4, -0.2) is 23.0 Å². The molecule has 1 heterocycles. The smallest absolute Gasteiger partial charge is 0.253 e. The van der Waals surface area contributed by atoms with E-state index in [0.717, 1.165) is 16.8 Å². The molecule has 0 aliphatic rings.